The minimum atomic E-state index is -0.920. The number of nitrogens with zero attached hydrogens (tertiary/aromatic N) is 1. The number of halogens is 1. The van der Waals surface area contributed by atoms with Crippen molar-refractivity contribution in [2.24, 2.45) is 5.73 Å². The first kappa shape index (κ1) is 13.7. The third kappa shape index (κ3) is 3.39. The van der Waals surface area contributed by atoms with Gasteiger partial charge in [-0.05, 0) is 34.9 Å². The highest BCUT2D eigenvalue weighted by molar-refractivity contribution is 9.10. The summed E-state index contributed by atoms with van der Waals surface area (Å²) in [4.78, 5) is 14.8. The molecular formula is C14H13BrN2O2. The molecule has 0 aliphatic rings. The van der Waals surface area contributed by atoms with Gasteiger partial charge in [0.1, 0.15) is 0 Å². The first-order valence-corrected chi connectivity index (χ1v) is 6.54. The van der Waals surface area contributed by atoms with E-state index in [2.05, 4.69) is 20.9 Å². The molecular weight excluding hydrogens is 308 g/mol. The Bertz CT molecular complexity index is 602. The largest absolute Gasteiger partial charge is 0.481 e. The molecule has 1 atom stereocenters. The average molecular weight is 321 g/mol. The Morgan fingerprint density at radius 2 is 2.21 bits per heavy atom. The topological polar surface area (TPSA) is 76.2 Å². The summed E-state index contributed by atoms with van der Waals surface area (Å²) in [5, 5.41) is 8.84. The standard InChI is InChI=1S/C14H13BrN2O2/c15-10-3-1-2-9(6-10)11-4-5-17-8-12(11)13(16)7-14(18)19/h1-6,8,13H,7,16H2,(H,18,19). The molecule has 0 radical (unpaired) electrons. The number of carbonyl (C=O) groups is 1. The fourth-order valence-corrected chi connectivity index (χ4v) is 2.32. The summed E-state index contributed by atoms with van der Waals surface area (Å²) in [6, 6.07) is 9.05. The van der Waals surface area contributed by atoms with Crippen LogP contribution in [0.4, 0.5) is 0 Å². The van der Waals surface area contributed by atoms with Gasteiger partial charge < -0.3 is 10.8 Å². The van der Waals surface area contributed by atoms with Crippen LogP contribution in [0, 0.1) is 0 Å². The first-order valence-electron chi connectivity index (χ1n) is 5.75. The maximum atomic E-state index is 10.8. The Hall–Kier alpha value is -1.72. The number of carboxylic acids is 1. The van der Waals surface area contributed by atoms with Crippen LogP contribution in [0.15, 0.2) is 47.2 Å². The number of hydrogen-bond donors (Lipinski definition) is 2. The molecule has 1 aromatic carbocycles. The summed E-state index contributed by atoms with van der Waals surface area (Å²) in [5.74, 6) is -0.920. The van der Waals surface area contributed by atoms with Crippen molar-refractivity contribution in [2.45, 2.75) is 12.5 Å². The van der Waals surface area contributed by atoms with Gasteiger partial charge in [0.25, 0.3) is 0 Å². The van der Waals surface area contributed by atoms with Crippen molar-refractivity contribution in [3.63, 3.8) is 0 Å². The molecule has 1 heterocycles. The third-order valence-electron chi connectivity index (χ3n) is 2.78. The lowest BCUT2D eigenvalue weighted by Crippen LogP contribution is -2.16. The maximum Gasteiger partial charge on any atom is 0.305 e. The Balaban J connectivity index is 2.44. The smallest absolute Gasteiger partial charge is 0.305 e. The van der Waals surface area contributed by atoms with E-state index >= 15 is 0 Å². The van der Waals surface area contributed by atoms with Gasteiger partial charge >= 0.3 is 5.97 Å². The van der Waals surface area contributed by atoms with Crippen molar-refractivity contribution in [1.82, 2.24) is 4.98 Å². The zero-order valence-corrected chi connectivity index (χ0v) is 11.7. The number of aromatic nitrogens is 1. The van der Waals surface area contributed by atoms with Gasteiger partial charge in [-0.1, -0.05) is 28.1 Å². The summed E-state index contributed by atoms with van der Waals surface area (Å²) in [5.41, 5.74) is 8.57. The molecule has 0 saturated carbocycles. The molecule has 2 aromatic rings. The lowest BCUT2D eigenvalue weighted by atomic mass is 9.96. The highest BCUT2D eigenvalue weighted by atomic mass is 79.9. The number of pyridine rings is 1. The van der Waals surface area contributed by atoms with Crippen LogP contribution in [-0.2, 0) is 4.79 Å². The highest BCUT2D eigenvalue weighted by Gasteiger charge is 2.15. The highest BCUT2D eigenvalue weighted by Crippen LogP contribution is 2.29. The van der Waals surface area contributed by atoms with Crippen LogP contribution in [0.3, 0.4) is 0 Å². The first-order chi connectivity index (χ1) is 9.08. The van der Waals surface area contributed by atoms with Crippen molar-refractivity contribution in [1.29, 1.82) is 0 Å². The Morgan fingerprint density at radius 3 is 2.89 bits per heavy atom. The van der Waals surface area contributed by atoms with Crippen LogP contribution < -0.4 is 5.73 Å². The number of aliphatic carboxylic acids is 1. The molecule has 0 spiro atoms. The maximum absolute atomic E-state index is 10.8. The second-order valence-electron chi connectivity index (χ2n) is 4.18. The molecule has 19 heavy (non-hydrogen) atoms. The van der Waals surface area contributed by atoms with Crippen LogP contribution in [0.1, 0.15) is 18.0 Å². The van der Waals surface area contributed by atoms with Crippen molar-refractivity contribution >= 4 is 21.9 Å². The van der Waals surface area contributed by atoms with E-state index in [1.807, 2.05) is 30.3 Å². The van der Waals surface area contributed by atoms with Crippen molar-refractivity contribution in [3.05, 3.63) is 52.8 Å². The zero-order valence-electron chi connectivity index (χ0n) is 10.1. The molecule has 0 fully saturated rings. The number of benzene rings is 1. The lowest BCUT2D eigenvalue weighted by molar-refractivity contribution is -0.137. The van der Waals surface area contributed by atoms with Crippen LogP contribution >= 0.6 is 15.9 Å². The molecule has 1 aromatic heterocycles. The van der Waals surface area contributed by atoms with E-state index in [9.17, 15) is 4.79 Å². The molecule has 98 valence electrons. The normalized spacial score (nSPS) is 12.1. The molecule has 0 aliphatic heterocycles. The van der Waals surface area contributed by atoms with E-state index < -0.39 is 12.0 Å². The van der Waals surface area contributed by atoms with E-state index in [1.165, 1.54) is 0 Å². The SMILES string of the molecule is NC(CC(=O)O)c1cnccc1-c1cccc(Br)c1. The Labute approximate surface area is 119 Å². The summed E-state index contributed by atoms with van der Waals surface area (Å²) in [7, 11) is 0. The number of rotatable bonds is 4. The molecule has 0 aliphatic carbocycles. The molecule has 0 bridgehead atoms. The summed E-state index contributed by atoms with van der Waals surface area (Å²) < 4.78 is 0.958. The monoisotopic (exact) mass is 320 g/mol. The molecule has 1 unspecified atom stereocenters. The van der Waals surface area contributed by atoms with Gasteiger partial charge in [0.15, 0.2) is 0 Å². The van der Waals surface area contributed by atoms with Gasteiger partial charge in [-0.15, -0.1) is 0 Å². The van der Waals surface area contributed by atoms with Gasteiger partial charge in [0.2, 0.25) is 0 Å². The Morgan fingerprint density at radius 1 is 1.42 bits per heavy atom. The number of hydrogen-bond acceptors (Lipinski definition) is 3. The number of nitrogens with two attached hydrogens (primary N) is 1. The van der Waals surface area contributed by atoms with E-state index in [4.69, 9.17) is 10.8 Å². The van der Waals surface area contributed by atoms with Gasteiger partial charge in [-0.2, -0.15) is 0 Å². The van der Waals surface area contributed by atoms with Crippen molar-refractivity contribution in [2.75, 3.05) is 0 Å². The van der Waals surface area contributed by atoms with Crippen molar-refractivity contribution < 1.29 is 9.90 Å². The summed E-state index contributed by atoms with van der Waals surface area (Å²) in [6.07, 6.45) is 3.18. The number of carboxylic acid groups (broad SMARTS) is 1. The molecule has 0 amide bonds. The van der Waals surface area contributed by atoms with E-state index in [0.29, 0.717) is 0 Å². The predicted octanol–water partition coefficient (Wildman–Crippen LogP) is 2.99. The minimum absolute atomic E-state index is 0.118. The van der Waals surface area contributed by atoms with Crippen LogP contribution in [0.2, 0.25) is 0 Å². The second-order valence-corrected chi connectivity index (χ2v) is 5.09. The van der Waals surface area contributed by atoms with E-state index in [0.717, 1.165) is 21.2 Å². The van der Waals surface area contributed by atoms with Gasteiger partial charge in [0.05, 0.1) is 6.42 Å². The predicted molar refractivity (Wildman–Crippen MR) is 76.6 cm³/mol. The van der Waals surface area contributed by atoms with Crippen LogP contribution in [0.25, 0.3) is 11.1 Å². The van der Waals surface area contributed by atoms with Crippen LogP contribution in [0.5, 0.6) is 0 Å². The summed E-state index contributed by atoms with van der Waals surface area (Å²) in [6.45, 7) is 0. The van der Waals surface area contributed by atoms with E-state index in [-0.39, 0.29) is 6.42 Å². The molecule has 3 N–H and O–H groups in total. The fraction of sp³-hybridized carbons (Fsp3) is 0.143. The van der Waals surface area contributed by atoms with Gasteiger partial charge in [-0.3, -0.25) is 9.78 Å². The summed E-state index contributed by atoms with van der Waals surface area (Å²) >= 11 is 3.42. The lowest BCUT2D eigenvalue weighted by Gasteiger charge is -2.14. The second kappa shape index (κ2) is 5.95. The van der Waals surface area contributed by atoms with E-state index in [1.54, 1.807) is 12.4 Å². The average Bonchev–Trinajstić information content (AvgIpc) is 2.38. The van der Waals surface area contributed by atoms with Crippen LogP contribution in [-0.4, -0.2) is 16.1 Å². The molecule has 2 rings (SSSR count). The zero-order chi connectivity index (χ0) is 13.8. The molecule has 5 heteroatoms. The minimum Gasteiger partial charge on any atom is -0.481 e. The van der Waals surface area contributed by atoms with Crippen molar-refractivity contribution in [3.8, 4) is 11.1 Å². The molecule has 0 saturated heterocycles. The third-order valence-corrected chi connectivity index (χ3v) is 3.27. The quantitative estimate of drug-likeness (QED) is 0.908. The fourth-order valence-electron chi connectivity index (χ4n) is 1.92. The van der Waals surface area contributed by atoms with Gasteiger partial charge in [-0.25, -0.2) is 0 Å². The molecule has 4 nitrogen and oxygen atoms in total. The van der Waals surface area contributed by atoms with Gasteiger partial charge in [0, 0.05) is 22.9 Å². The Kier molecular flexibility index (Phi) is 4.29.